The van der Waals surface area contributed by atoms with Crippen molar-refractivity contribution in [2.75, 3.05) is 18.5 Å². The smallest absolute Gasteiger partial charge is 0.242 e. The second-order valence-corrected chi connectivity index (χ2v) is 6.13. The van der Waals surface area contributed by atoms with Gasteiger partial charge < -0.3 is 9.80 Å². The van der Waals surface area contributed by atoms with Crippen molar-refractivity contribution in [2.24, 2.45) is 0 Å². The van der Waals surface area contributed by atoms with Crippen LogP contribution in [0, 0.1) is 6.92 Å². The minimum Gasteiger partial charge on any atom is -0.340 e. The Bertz CT molecular complexity index is 731. The molecule has 0 unspecified atom stereocenters. The first-order valence-electron chi connectivity index (χ1n) is 7.71. The zero-order valence-corrected chi connectivity index (χ0v) is 14.9. The van der Waals surface area contributed by atoms with Gasteiger partial charge in [-0.2, -0.15) is 0 Å². The van der Waals surface area contributed by atoms with Gasteiger partial charge in [0.1, 0.15) is 6.54 Å². The highest BCUT2D eigenvalue weighted by molar-refractivity contribution is 6.31. The highest BCUT2D eigenvalue weighted by Gasteiger charge is 2.20. The summed E-state index contributed by atoms with van der Waals surface area (Å²) in [6, 6.07) is 15.1. The normalized spacial score (nSPS) is 10.3. The van der Waals surface area contributed by atoms with E-state index in [2.05, 4.69) is 0 Å². The molecular formula is C19H21ClN2O2. The van der Waals surface area contributed by atoms with E-state index in [0.717, 1.165) is 11.1 Å². The Morgan fingerprint density at radius 3 is 2.33 bits per heavy atom. The summed E-state index contributed by atoms with van der Waals surface area (Å²) < 4.78 is 0. The van der Waals surface area contributed by atoms with E-state index in [1.54, 1.807) is 30.1 Å². The third-order valence-corrected chi connectivity index (χ3v) is 4.30. The molecule has 0 atom stereocenters. The molecule has 2 amide bonds. The molecule has 0 spiro atoms. The minimum absolute atomic E-state index is 0.0140. The fraction of sp³-hybridized carbons (Fsp3) is 0.263. The highest BCUT2D eigenvalue weighted by atomic mass is 35.5. The maximum atomic E-state index is 12.5. The first kappa shape index (κ1) is 18.0. The van der Waals surface area contributed by atoms with Crippen LogP contribution in [0.4, 0.5) is 5.69 Å². The minimum atomic E-state index is -0.193. The molecule has 2 aromatic rings. The number of benzene rings is 2. The Labute approximate surface area is 147 Å². The van der Waals surface area contributed by atoms with Crippen LogP contribution in [0.2, 0.25) is 5.02 Å². The van der Waals surface area contributed by atoms with E-state index in [0.29, 0.717) is 17.3 Å². The summed E-state index contributed by atoms with van der Waals surface area (Å²) in [5.41, 5.74) is 2.49. The second-order valence-electron chi connectivity index (χ2n) is 5.72. The molecule has 0 fully saturated rings. The van der Waals surface area contributed by atoms with Crippen LogP contribution in [0.1, 0.15) is 18.1 Å². The van der Waals surface area contributed by atoms with Crippen LogP contribution < -0.4 is 4.90 Å². The molecule has 0 aliphatic heterocycles. The number of carbonyl (C=O) groups is 2. The van der Waals surface area contributed by atoms with E-state index >= 15 is 0 Å². The fourth-order valence-electron chi connectivity index (χ4n) is 2.46. The molecular weight excluding hydrogens is 324 g/mol. The van der Waals surface area contributed by atoms with Gasteiger partial charge in [-0.25, -0.2) is 0 Å². The van der Waals surface area contributed by atoms with Crippen LogP contribution >= 0.6 is 11.6 Å². The Balaban J connectivity index is 2.14. The molecule has 0 N–H and O–H groups in total. The van der Waals surface area contributed by atoms with Crippen molar-refractivity contribution in [1.29, 1.82) is 0 Å². The number of nitrogens with zero attached hydrogens (tertiary/aromatic N) is 2. The van der Waals surface area contributed by atoms with Crippen molar-refractivity contribution in [3.63, 3.8) is 0 Å². The summed E-state index contributed by atoms with van der Waals surface area (Å²) in [5, 5.41) is 0.573. The van der Waals surface area contributed by atoms with Gasteiger partial charge in [-0.3, -0.25) is 9.59 Å². The molecule has 2 rings (SSSR count). The predicted molar refractivity (Wildman–Crippen MR) is 97.1 cm³/mol. The van der Waals surface area contributed by atoms with Crippen LogP contribution in [0.25, 0.3) is 0 Å². The van der Waals surface area contributed by atoms with Crippen LogP contribution in [-0.4, -0.2) is 30.3 Å². The monoisotopic (exact) mass is 344 g/mol. The number of likely N-dealkylation sites (N-methyl/N-ethyl adjacent to an activating group) is 1. The largest absolute Gasteiger partial charge is 0.340 e. The lowest BCUT2D eigenvalue weighted by atomic mass is 10.1. The zero-order valence-electron chi connectivity index (χ0n) is 14.1. The molecule has 5 heteroatoms. The maximum absolute atomic E-state index is 12.5. The molecule has 0 heterocycles. The van der Waals surface area contributed by atoms with E-state index < -0.39 is 0 Å². The SMILES string of the molecule is CC(=O)N(CC(=O)N(C)Cc1ccccc1)c1cccc(Cl)c1C. The number of carbonyl (C=O) groups excluding carboxylic acids is 2. The second kappa shape index (κ2) is 7.97. The Hall–Kier alpha value is -2.33. The number of hydrogen-bond acceptors (Lipinski definition) is 2. The van der Waals surface area contributed by atoms with Gasteiger partial charge in [0.2, 0.25) is 11.8 Å². The Morgan fingerprint density at radius 1 is 1.04 bits per heavy atom. The summed E-state index contributed by atoms with van der Waals surface area (Å²) in [4.78, 5) is 27.6. The van der Waals surface area contributed by atoms with Crippen molar-refractivity contribution >= 4 is 29.1 Å². The number of rotatable bonds is 5. The van der Waals surface area contributed by atoms with Crippen molar-refractivity contribution in [3.8, 4) is 0 Å². The fourth-order valence-corrected chi connectivity index (χ4v) is 2.63. The van der Waals surface area contributed by atoms with E-state index in [-0.39, 0.29) is 18.4 Å². The van der Waals surface area contributed by atoms with Crippen LogP contribution in [-0.2, 0) is 16.1 Å². The molecule has 126 valence electrons. The molecule has 0 aliphatic carbocycles. The molecule has 0 radical (unpaired) electrons. The number of halogens is 1. The van der Waals surface area contributed by atoms with Crippen molar-refractivity contribution in [3.05, 3.63) is 64.7 Å². The summed E-state index contributed by atoms with van der Waals surface area (Å²) >= 11 is 6.14. The number of hydrogen-bond donors (Lipinski definition) is 0. The summed E-state index contributed by atoms with van der Waals surface area (Å²) in [5.74, 6) is -0.324. The first-order chi connectivity index (χ1) is 11.4. The topological polar surface area (TPSA) is 40.6 Å². The van der Waals surface area contributed by atoms with Gasteiger partial charge in [0.15, 0.2) is 0 Å². The van der Waals surface area contributed by atoms with Gasteiger partial charge in [0.25, 0.3) is 0 Å². The van der Waals surface area contributed by atoms with Crippen LogP contribution in [0.15, 0.2) is 48.5 Å². The zero-order chi connectivity index (χ0) is 17.7. The molecule has 0 bridgehead atoms. The van der Waals surface area contributed by atoms with Gasteiger partial charge in [-0.05, 0) is 30.2 Å². The Kier molecular flexibility index (Phi) is 5.99. The van der Waals surface area contributed by atoms with Gasteiger partial charge in [-0.15, -0.1) is 0 Å². The third kappa shape index (κ3) is 4.36. The maximum Gasteiger partial charge on any atom is 0.242 e. The molecule has 0 saturated heterocycles. The van der Waals surface area contributed by atoms with Crippen LogP contribution in [0.3, 0.4) is 0 Å². The predicted octanol–water partition coefficient (Wildman–Crippen LogP) is 3.66. The molecule has 4 nitrogen and oxygen atoms in total. The van der Waals surface area contributed by atoms with Crippen molar-refractivity contribution in [1.82, 2.24) is 4.90 Å². The third-order valence-electron chi connectivity index (χ3n) is 3.89. The summed E-state index contributed by atoms with van der Waals surface area (Å²) in [7, 11) is 1.73. The lowest BCUT2D eigenvalue weighted by Gasteiger charge is -2.26. The van der Waals surface area contributed by atoms with E-state index in [9.17, 15) is 9.59 Å². The molecule has 0 saturated carbocycles. The van der Waals surface area contributed by atoms with Gasteiger partial charge in [0.05, 0.1) is 0 Å². The number of anilines is 1. The molecule has 0 aromatic heterocycles. The van der Waals surface area contributed by atoms with Gasteiger partial charge in [0, 0.05) is 31.2 Å². The van der Waals surface area contributed by atoms with Crippen LogP contribution in [0.5, 0.6) is 0 Å². The van der Waals surface area contributed by atoms with Crippen molar-refractivity contribution < 1.29 is 9.59 Å². The van der Waals surface area contributed by atoms with Gasteiger partial charge >= 0.3 is 0 Å². The van der Waals surface area contributed by atoms with E-state index in [1.165, 1.54) is 11.8 Å². The molecule has 24 heavy (non-hydrogen) atoms. The van der Waals surface area contributed by atoms with E-state index in [4.69, 9.17) is 11.6 Å². The van der Waals surface area contributed by atoms with Gasteiger partial charge in [-0.1, -0.05) is 48.0 Å². The first-order valence-corrected chi connectivity index (χ1v) is 8.09. The summed E-state index contributed by atoms with van der Waals surface area (Å²) in [6.07, 6.45) is 0. The lowest BCUT2D eigenvalue weighted by Crippen LogP contribution is -2.40. The number of amides is 2. The van der Waals surface area contributed by atoms with Crippen molar-refractivity contribution in [2.45, 2.75) is 20.4 Å². The molecule has 2 aromatic carbocycles. The Morgan fingerprint density at radius 2 is 1.71 bits per heavy atom. The quantitative estimate of drug-likeness (QED) is 0.830. The summed E-state index contributed by atoms with van der Waals surface area (Å²) in [6.45, 7) is 3.77. The van der Waals surface area contributed by atoms with E-state index in [1.807, 2.05) is 37.3 Å². The standard InChI is InChI=1S/C19H21ClN2O2/c1-14-17(20)10-7-11-18(14)22(15(2)23)13-19(24)21(3)12-16-8-5-4-6-9-16/h4-11H,12-13H2,1-3H3. The molecule has 0 aliphatic rings. The highest BCUT2D eigenvalue weighted by Crippen LogP contribution is 2.26. The lowest BCUT2D eigenvalue weighted by molar-refractivity contribution is -0.130. The average molecular weight is 345 g/mol. The average Bonchev–Trinajstić information content (AvgIpc) is 2.56.